The lowest BCUT2D eigenvalue weighted by atomic mass is 10.2. The second kappa shape index (κ2) is 7.37. The molecule has 1 aromatic heterocycles. The van der Waals surface area contributed by atoms with E-state index < -0.39 is 17.9 Å². The number of aromatic carboxylic acids is 1. The number of rotatable bonds is 6. The number of nitrogens with one attached hydrogen (secondary N) is 1. The molecule has 114 valence electrons. The number of hydrogen-bond acceptors (Lipinski definition) is 4. The normalized spacial score (nSPS) is 11.6. The van der Waals surface area contributed by atoms with Gasteiger partial charge in [-0.3, -0.25) is 9.59 Å². The maximum atomic E-state index is 12.1. The lowest BCUT2D eigenvalue weighted by Crippen LogP contribution is -2.46. The van der Waals surface area contributed by atoms with Gasteiger partial charge in [-0.25, -0.2) is 9.78 Å². The van der Waals surface area contributed by atoms with Crippen molar-refractivity contribution in [2.24, 2.45) is 0 Å². The average molecular weight is 293 g/mol. The zero-order chi connectivity index (χ0) is 16.0. The summed E-state index contributed by atoms with van der Waals surface area (Å²) in [5.41, 5.74) is -0.0630. The van der Waals surface area contributed by atoms with Crippen LogP contribution in [0.5, 0.6) is 0 Å². The van der Waals surface area contributed by atoms with E-state index in [9.17, 15) is 14.4 Å². The van der Waals surface area contributed by atoms with Gasteiger partial charge >= 0.3 is 5.97 Å². The van der Waals surface area contributed by atoms with Crippen LogP contribution >= 0.6 is 0 Å². The lowest BCUT2D eigenvalue weighted by molar-refractivity contribution is -0.132. The number of nitrogens with zero attached hydrogens (tertiary/aromatic N) is 2. The SMILES string of the molecule is CCN(CC)C(=O)C(C)NC(=O)c1ccnc(C(=O)O)c1. The molecule has 21 heavy (non-hydrogen) atoms. The Morgan fingerprint density at radius 3 is 2.48 bits per heavy atom. The van der Waals surface area contributed by atoms with Crippen molar-refractivity contribution in [3.05, 3.63) is 29.6 Å². The van der Waals surface area contributed by atoms with E-state index in [-0.39, 0.29) is 17.2 Å². The highest BCUT2D eigenvalue weighted by Gasteiger charge is 2.21. The van der Waals surface area contributed by atoms with Crippen LogP contribution in [0.25, 0.3) is 0 Å². The van der Waals surface area contributed by atoms with Crippen molar-refractivity contribution in [3.63, 3.8) is 0 Å². The molecule has 7 heteroatoms. The summed E-state index contributed by atoms with van der Waals surface area (Å²) in [6, 6.07) is 1.89. The predicted octanol–water partition coefficient (Wildman–Crippen LogP) is 0.766. The second-order valence-electron chi connectivity index (χ2n) is 4.44. The van der Waals surface area contributed by atoms with Crippen molar-refractivity contribution < 1.29 is 19.5 Å². The Balaban J connectivity index is 2.79. The number of carbonyl (C=O) groups is 3. The molecule has 0 fully saturated rings. The van der Waals surface area contributed by atoms with Crippen LogP contribution in [0.3, 0.4) is 0 Å². The molecule has 7 nitrogen and oxygen atoms in total. The summed E-state index contributed by atoms with van der Waals surface area (Å²) in [6.07, 6.45) is 1.25. The minimum atomic E-state index is -1.21. The summed E-state index contributed by atoms with van der Waals surface area (Å²) in [5, 5.41) is 11.4. The highest BCUT2D eigenvalue weighted by molar-refractivity contribution is 5.99. The summed E-state index contributed by atoms with van der Waals surface area (Å²) in [4.78, 5) is 40.1. The molecule has 0 aliphatic heterocycles. The maximum absolute atomic E-state index is 12.1. The van der Waals surface area contributed by atoms with Crippen molar-refractivity contribution in [2.75, 3.05) is 13.1 Å². The quantitative estimate of drug-likeness (QED) is 0.807. The third-order valence-electron chi connectivity index (χ3n) is 3.03. The molecule has 0 aliphatic carbocycles. The van der Waals surface area contributed by atoms with Crippen molar-refractivity contribution in [3.8, 4) is 0 Å². The molecule has 0 bridgehead atoms. The molecule has 1 aromatic rings. The Morgan fingerprint density at radius 1 is 1.33 bits per heavy atom. The van der Waals surface area contributed by atoms with Gasteiger partial charge in [0, 0.05) is 24.8 Å². The van der Waals surface area contributed by atoms with Gasteiger partial charge in [-0.2, -0.15) is 0 Å². The van der Waals surface area contributed by atoms with Gasteiger partial charge in [0.05, 0.1) is 0 Å². The summed E-state index contributed by atoms with van der Waals surface area (Å²) >= 11 is 0. The summed E-state index contributed by atoms with van der Waals surface area (Å²) in [5.74, 6) is -1.90. The maximum Gasteiger partial charge on any atom is 0.354 e. The molecule has 1 rings (SSSR count). The molecule has 2 amide bonds. The van der Waals surface area contributed by atoms with Gasteiger partial charge in [0.25, 0.3) is 5.91 Å². The molecule has 2 N–H and O–H groups in total. The van der Waals surface area contributed by atoms with E-state index in [1.807, 2.05) is 13.8 Å². The topological polar surface area (TPSA) is 99.6 Å². The van der Waals surface area contributed by atoms with E-state index in [1.54, 1.807) is 11.8 Å². The largest absolute Gasteiger partial charge is 0.477 e. The number of amides is 2. The molecular weight excluding hydrogens is 274 g/mol. The Labute approximate surface area is 123 Å². The number of aromatic nitrogens is 1. The number of hydrogen-bond donors (Lipinski definition) is 2. The van der Waals surface area contributed by atoms with Crippen LogP contribution in [0, 0.1) is 0 Å². The number of pyridine rings is 1. The van der Waals surface area contributed by atoms with Crippen LogP contribution in [0.2, 0.25) is 0 Å². The van der Waals surface area contributed by atoms with Crippen LogP contribution in [0.1, 0.15) is 41.6 Å². The molecular formula is C14H19N3O4. The van der Waals surface area contributed by atoms with Crippen LogP contribution in [-0.4, -0.2) is 51.9 Å². The fourth-order valence-corrected chi connectivity index (χ4v) is 1.84. The zero-order valence-corrected chi connectivity index (χ0v) is 12.3. The first-order valence-corrected chi connectivity index (χ1v) is 6.69. The average Bonchev–Trinajstić information content (AvgIpc) is 2.48. The number of carboxylic acids is 1. The molecule has 0 aromatic carbocycles. The Bertz CT molecular complexity index is 541. The fraction of sp³-hybridized carbons (Fsp3) is 0.429. The summed E-state index contributed by atoms with van der Waals surface area (Å²) in [7, 11) is 0. The molecule has 0 saturated heterocycles. The van der Waals surface area contributed by atoms with Gasteiger partial charge in [0.15, 0.2) is 0 Å². The van der Waals surface area contributed by atoms with E-state index in [1.165, 1.54) is 18.3 Å². The molecule has 0 spiro atoms. The van der Waals surface area contributed by atoms with Crippen LogP contribution in [0.15, 0.2) is 18.3 Å². The van der Waals surface area contributed by atoms with Gasteiger partial charge in [0.2, 0.25) is 5.91 Å². The standard InChI is InChI=1S/C14H19N3O4/c1-4-17(5-2)13(19)9(3)16-12(18)10-6-7-15-11(8-10)14(20)21/h6-9H,4-5H2,1-3H3,(H,16,18)(H,20,21). The fourth-order valence-electron chi connectivity index (χ4n) is 1.84. The van der Waals surface area contributed by atoms with Crippen LogP contribution in [0.4, 0.5) is 0 Å². The van der Waals surface area contributed by atoms with Crippen LogP contribution < -0.4 is 5.32 Å². The minimum absolute atomic E-state index is 0.154. The van der Waals surface area contributed by atoms with Gasteiger partial charge in [0.1, 0.15) is 11.7 Å². The molecule has 0 saturated carbocycles. The second-order valence-corrected chi connectivity index (χ2v) is 4.44. The third kappa shape index (κ3) is 4.27. The Hall–Kier alpha value is -2.44. The summed E-state index contributed by atoms with van der Waals surface area (Å²) < 4.78 is 0. The zero-order valence-electron chi connectivity index (χ0n) is 12.3. The minimum Gasteiger partial charge on any atom is -0.477 e. The number of likely N-dealkylation sites (N-methyl/N-ethyl adjacent to an activating group) is 1. The highest BCUT2D eigenvalue weighted by Crippen LogP contribution is 2.03. The smallest absolute Gasteiger partial charge is 0.354 e. The van der Waals surface area contributed by atoms with Gasteiger partial charge in [-0.15, -0.1) is 0 Å². The first-order chi connectivity index (χ1) is 9.90. The molecule has 0 radical (unpaired) electrons. The first-order valence-electron chi connectivity index (χ1n) is 6.69. The van der Waals surface area contributed by atoms with E-state index >= 15 is 0 Å². The van der Waals surface area contributed by atoms with Crippen LogP contribution in [-0.2, 0) is 4.79 Å². The van der Waals surface area contributed by atoms with Gasteiger partial charge in [-0.1, -0.05) is 0 Å². The van der Waals surface area contributed by atoms with Crippen molar-refractivity contribution >= 4 is 17.8 Å². The Kier molecular flexibility index (Phi) is 5.83. The predicted molar refractivity (Wildman–Crippen MR) is 76.1 cm³/mol. The lowest BCUT2D eigenvalue weighted by Gasteiger charge is -2.23. The van der Waals surface area contributed by atoms with E-state index in [0.29, 0.717) is 13.1 Å². The monoisotopic (exact) mass is 293 g/mol. The van der Waals surface area contributed by atoms with Gasteiger partial charge in [-0.05, 0) is 32.9 Å². The third-order valence-corrected chi connectivity index (χ3v) is 3.03. The van der Waals surface area contributed by atoms with Gasteiger partial charge < -0.3 is 15.3 Å². The van der Waals surface area contributed by atoms with E-state index in [0.717, 1.165) is 0 Å². The van der Waals surface area contributed by atoms with Crippen molar-refractivity contribution in [1.82, 2.24) is 15.2 Å². The summed E-state index contributed by atoms with van der Waals surface area (Å²) in [6.45, 7) is 6.44. The number of carbonyl (C=O) groups excluding carboxylic acids is 2. The molecule has 1 atom stereocenters. The Morgan fingerprint density at radius 2 is 1.95 bits per heavy atom. The van der Waals surface area contributed by atoms with Crippen molar-refractivity contribution in [1.29, 1.82) is 0 Å². The molecule has 1 heterocycles. The van der Waals surface area contributed by atoms with E-state index in [4.69, 9.17) is 5.11 Å². The molecule has 1 unspecified atom stereocenters. The molecule has 0 aliphatic rings. The highest BCUT2D eigenvalue weighted by atomic mass is 16.4. The number of carboxylic acid groups (broad SMARTS) is 1. The van der Waals surface area contributed by atoms with E-state index in [2.05, 4.69) is 10.3 Å². The first kappa shape index (κ1) is 16.6. The van der Waals surface area contributed by atoms with Crippen molar-refractivity contribution in [2.45, 2.75) is 26.8 Å².